The first-order valence-corrected chi connectivity index (χ1v) is 9.25. The number of carbonyl (C=O) groups is 2. The maximum Gasteiger partial charge on any atom is 0.306 e. The molecule has 6 nitrogen and oxygen atoms in total. The number of hydrogen-bond acceptors (Lipinski definition) is 5. The van der Waals surface area contributed by atoms with E-state index in [1.807, 2.05) is 32.0 Å². The van der Waals surface area contributed by atoms with Gasteiger partial charge in [0.1, 0.15) is 11.6 Å². The normalized spacial score (nSPS) is 10.7. The molecule has 2 aromatic carbocycles. The lowest BCUT2D eigenvalue weighted by Gasteiger charge is -2.11. The SMILES string of the molecule is Cc1cccc(C)c1NC(=O)COC(=O)CCc1ncc(-c2ccc(F)cc2F)o1. The molecule has 30 heavy (non-hydrogen) atoms. The Morgan fingerprint density at radius 2 is 1.87 bits per heavy atom. The first-order chi connectivity index (χ1) is 14.3. The second-order valence-corrected chi connectivity index (χ2v) is 6.72. The molecule has 0 fully saturated rings. The summed E-state index contributed by atoms with van der Waals surface area (Å²) in [5.41, 5.74) is 2.58. The van der Waals surface area contributed by atoms with Crippen molar-refractivity contribution in [2.24, 2.45) is 0 Å². The number of benzene rings is 2. The van der Waals surface area contributed by atoms with Crippen LogP contribution in [-0.4, -0.2) is 23.5 Å². The van der Waals surface area contributed by atoms with Gasteiger partial charge in [0.2, 0.25) is 0 Å². The summed E-state index contributed by atoms with van der Waals surface area (Å²) in [7, 11) is 0. The smallest absolute Gasteiger partial charge is 0.306 e. The average molecular weight is 414 g/mol. The number of hydrogen-bond donors (Lipinski definition) is 1. The lowest BCUT2D eigenvalue weighted by molar-refractivity contribution is -0.147. The van der Waals surface area contributed by atoms with Crippen molar-refractivity contribution >= 4 is 17.6 Å². The lowest BCUT2D eigenvalue weighted by atomic mass is 10.1. The highest BCUT2D eigenvalue weighted by atomic mass is 19.1. The van der Waals surface area contributed by atoms with Crippen molar-refractivity contribution in [1.82, 2.24) is 4.98 Å². The quantitative estimate of drug-likeness (QED) is 0.582. The number of halogens is 2. The Morgan fingerprint density at radius 3 is 2.57 bits per heavy atom. The summed E-state index contributed by atoms with van der Waals surface area (Å²) < 4.78 is 37.2. The van der Waals surface area contributed by atoms with Crippen molar-refractivity contribution in [3.05, 3.63) is 71.2 Å². The number of aromatic nitrogens is 1. The summed E-state index contributed by atoms with van der Waals surface area (Å²) in [5, 5.41) is 2.73. The molecule has 0 aliphatic rings. The van der Waals surface area contributed by atoms with Crippen molar-refractivity contribution in [3.8, 4) is 11.3 Å². The number of anilines is 1. The van der Waals surface area contributed by atoms with Gasteiger partial charge in [0, 0.05) is 18.2 Å². The number of esters is 1. The van der Waals surface area contributed by atoms with Crippen LogP contribution in [0.15, 0.2) is 47.0 Å². The van der Waals surface area contributed by atoms with Gasteiger partial charge in [-0.15, -0.1) is 0 Å². The summed E-state index contributed by atoms with van der Waals surface area (Å²) in [6, 6.07) is 8.74. The summed E-state index contributed by atoms with van der Waals surface area (Å²) in [4.78, 5) is 27.9. The Bertz CT molecular complexity index is 1060. The highest BCUT2D eigenvalue weighted by Gasteiger charge is 2.14. The minimum atomic E-state index is -0.771. The van der Waals surface area contributed by atoms with Gasteiger partial charge in [0.15, 0.2) is 18.3 Å². The van der Waals surface area contributed by atoms with Crippen LogP contribution in [0.3, 0.4) is 0 Å². The molecule has 8 heteroatoms. The number of ether oxygens (including phenoxy) is 1. The van der Waals surface area contributed by atoms with Gasteiger partial charge in [-0.1, -0.05) is 18.2 Å². The number of nitrogens with one attached hydrogen (secondary N) is 1. The minimum Gasteiger partial charge on any atom is -0.456 e. The van der Waals surface area contributed by atoms with Crippen LogP contribution in [0.25, 0.3) is 11.3 Å². The van der Waals surface area contributed by atoms with Crippen LogP contribution in [0.5, 0.6) is 0 Å². The highest BCUT2D eigenvalue weighted by molar-refractivity contribution is 5.94. The van der Waals surface area contributed by atoms with Crippen LogP contribution in [0.2, 0.25) is 0 Å². The molecular weight excluding hydrogens is 394 g/mol. The summed E-state index contributed by atoms with van der Waals surface area (Å²) in [6.45, 7) is 3.33. The van der Waals surface area contributed by atoms with Crippen LogP contribution >= 0.6 is 0 Å². The topological polar surface area (TPSA) is 81.4 Å². The van der Waals surface area contributed by atoms with Crippen molar-refractivity contribution < 1.29 is 27.5 Å². The van der Waals surface area contributed by atoms with Gasteiger partial charge in [0.05, 0.1) is 18.2 Å². The monoisotopic (exact) mass is 414 g/mol. The number of nitrogens with zero attached hydrogens (tertiary/aromatic N) is 1. The summed E-state index contributed by atoms with van der Waals surface area (Å²) >= 11 is 0. The molecule has 0 aliphatic carbocycles. The fourth-order valence-corrected chi connectivity index (χ4v) is 2.85. The van der Waals surface area contributed by atoms with Crippen molar-refractivity contribution in [2.75, 3.05) is 11.9 Å². The predicted octanol–water partition coefficient (Wildman–Crippen LogP) is 4.35. The number of oxazole rings is 1. The molecule has 156 valence electrons. The molecule has 1 amide bonds. The molecule has 1 aromatic heterocycles. The molecule has 3 aromatic rings. The Hall–Kier alpha value is -3.55. The number of carbonyl (C=O) groups excluding carboxylic acids is 2. The molecule has 0 bridgehead atoms. The Morgan fingerprint density at radius 1 is 1.13 bits per heavy atom. The van der Waals surface area contributed by atoms with Gasteiger partial charge < -0.3 is 14.5 Å². The fourth-order valence-electron chi connectivity index (χ4n) is 2.85. The predicted molar refractivity (Wildman–Crippen MR) is 106 cm³/mol. The summed E-state index contributed by atoms with van der Waals surface area (Å²) in [6.07, 6.45) is 1.34. The molecule has 3 rings (SSSR count). The molecule has 0 spiro atoms. The first kappa shape index (κ1) is 21.2. The van der Waals surface area contributed by atoms with Crippen LogP contribution in [0.1, 0.15) is 23.4 Å². The Labute approximate surface area is 171 Å². The standard InChI is InChI=1S/C22H20F2N2O4/c1-13-4-3-5-14(2)22(13)26-19(27)12-29-21(28)9-8-20-25-11-18(30-20)16-7-6-15(23)10-17(16)24/h3-7,10-11H,8-9,12H2,1-2H3,(H,26,27). The largest absolute Gasteiger partial charge is 0.456 e. The van der Waals surface area contributed by atoms with E-state index in [0.717, 1.165) is 23.3 Å². The molecule has 0 atom stereocenters. The maximum atomic E-state index is 13.8. The molecule has 0 radical (unpaired) electrons. The zero-order valence-corrected chi connectivity index (χ0v) is 16.5. The number of para-hydroxylation sites is 1. The van der Waals surface area contributed by atoms with E-state index in [9.17, 15) is 18.4 Å². The maximum absolute atomic E-state index is 13.8. The molecule has 1 N–H and O–H groups in total. The second kappa shape index (κ2) is 9.30. The van der Waals surface area contributed by atoms with Crippen molar-refractivity contribution in [1.29, 1.82) is 0 Å². The second-order valence-electron chi connectivity index (χ2n) is 6.72. The van der Waals surface area contributed by atoms with E-state index in [4.69, 9.17) is 9.15 Å². The molecule has 0 saturated heterocycles. The third-order valence-corrected chi connectivity index (χ3v) is 4.40. The van der Waals surface area contributed by atoms with Gasteiger partial charge in [-0.05, 0) is 37.1 Å². The van der Waals surface area contributed by atoms with Crippen molar-refractivity contribution in [3.63, 3.8) is 0 Å². The average Bonchev–Trinajstić information content (AvgIpc) is 3.16. The van der Waals surface area contributed by atoms with E-state index in [-0.39, 0.29) is 30.1 Å². The van der Waals surface area contributed by atoms with E-state index in [1.54, 1.807) is 0 Å². The summed E-state index contributed by atoms with van der Waals surface area (Å²) in [5.74, 6) is -2.17. The molecular formula is C22H20F2N2O4. The minimum absolute atomic E-state index is 0.0669. The third kappa shape index (κ3) is 5.28. The highest BCUT2D eigenvalue weighted by Crippen LogP contribution is 2.24. The van der Waals surface area contributed by atoms with E-state index < -0.39 is 30.1 Å². The Kier molecular flexibility index (Phi) is 6.56. The zero-order valence-electron chi connectivity index (χ0n) is 16.5. The van der Waals surface area contributed by atoms with Crippen LogP contribution in [0.4, 0.5) is 14.5 Å². The van der Waals surface area contributed by atoms with Crippen molar-refractivity contribution in [2.45, 2.75) is 26.7 Å². The number of amides is 1. The molecule has 0 saturated carbocycles. The third-order valence-electron chi connectivity index (χ3n) is 4.40. The number of rotatable bonds is 7. The Balaban J connectivity index is 1.48. The van der Waals surface area contributed by atoms with Gasteiger partial charge in [0.25, 0.3) is 5.91 Å². The zero-order chi connectivity index (χ0) is 21.7. The van der Waals surface area contributed by atoms with Crippen LogP contribution in [0, 0.1) is 25.5 Å². The lowest BCUT2D eigenvalue weighted by Crippen LogP contribution is -2.22. The molecule has 0 unspecified atom stereocenters. The van der Waals surface area contributed by atoms with E-state index in [0.29, 0.717) is 5.69 Å². The molecule has 1 heterocycles. The van der Waals surface area contributed by atoms with Gasteiger partial charge in [-0.3, -0.25) is 9.59 Å². The van der Waals surface area contributed by atoms with Gasteiger partial charge in [-0.2, -0.15) is 0 Å². The van der Waals surface area contributed by atoms with Crippen LogP contribution in [-0.2, 0) is 20.7 Å². The van der Waals surface area contributed by atoms with Gasteiger partial charge in [-0.25, -0.2) is 13.8 Å². The van der Waals surface area contributed by atoms with E-state index in [2.05, 4.69) is 10.3 Å². The molecule has 0 aliphatic heterocycles. The van der Waals surface area contributed by atoms with Gasteiger partial charge >= 0.3 is 5.97 Å². The number of aryl methyl sites for hydroxylation is 3. The fraction of sp³-hybridized carbons (Fsp3) is 0.227. The van der Waals surface area contributed by atoms with E-state index in [1.165, 1.54) is 12.3 Å². The van der Waals surface area contributed by atoms with Crippen LogP contribution < -0.4 is 5.32 Å². The van der Waals surface area contributed by atoms with E-state index >= 15 is 0 Å². The first-order valence-electron chi connectivity index (χ1n) is 9.25.